The number of hydrogen-bond acceptors (Lipinski definition) is 4. The predicted molar refractivity (Wildman–Crippen MR) is 120 cm³/mol. The maximum Gasteiger partial charge on any atom is 0.282 e. The van der Waals surface area contributed by atoms with Gasteiger partial charge in [-0.2, -0.15) is 17.0 Å². The van der Waals surface area contributed by atoms with Crippen LogP contribution in [-0.2, 0) is 21.5 Å². The average molecular weight is 457 g/mol. The minimum absolute atomic E-state index is 0.0657. The van der Waals surface area contributed by atoms with Crippen molar-refractivity contribution in [2.75, 3.05) is 25.0 Å². The molecular weight excluding hydrogens is 436 g/mol. The van der Waals surface area contributed by atoms with Crippen molar-refractivity contribution >= 4 is 44.2 Å². The van der Waals surface area contributed by atoms with E-state index >= 15 is 0 Å². The minimum atomic E-state index is -3.61. The van der Waals surface area contributed by atoms with Crippen molar-refractivity contribution in [3.63, 3.8) is 0 Å². The van der Waals surface area contributed by atoms with Crippen LogP contribution in [0, 0.1) is 0 Å². The Kier molecular flexibility index (Phi) is 5.18. The molecule has 0 saturated carbocycles. The zero-order valence-electron chi connectivity index (χ0n) is 16.7. The topological polar surface area (TPSA) is 82.6 Å². The van der Waals surface area contributed by atoms with Gasteiger partial charge in [0, 0.05) is 48.2 Å². The van der Waals surface area contributed by atoms with Crippen molar-refractivity contribution in [1.29, 1.82) is 0 Å². The first-order chi connectivity index (χ1) is 14.9. The van der Waals surface area contributed by atoms with Gasteiger partial charge in [-0.15, -0.1) is 0 Å². The summed E-state index contributed by atoms with van der Waals surface area (Å²) in [5, 5.41) is 5.27. The molecule has 2 aromatic carbocycles. The fourth-order valence-corrected chi connectivity index (χ4v) is 5.97. The maximum absolute atomic E-state index is 13.4. The zero-order chi connectivity index (χ0) is 21.6. The van der Waals surface area contributed by atoms with E-state index in [4.69, 9.17) is 11.6 Å². The molecule has 1 saturated heterocycles. The standard InChI is InChI=1S/C22H21ClN4O3S/c23-17-7-6-16-13-27(31(29,30)26-8-3-9-26)14-20(19(16)10-17)22(28)25-21-12-24-11-15-4-1-2-5-18(15)21/h1-2,4-7,10-12,20H,3,8-9,13-14H2,(H,25,28). The Labute approximate surface area is 185 Å². The summed E-state index contributed by atoms with van der Waals surface area (Å²) in [6.07, 6.45) is 4.20. The molecule has 0 spiro atoms. The van der Waals surface area contributed by atoms with Crippen LogP contribution in [0.25, 0.3) is 10.8 Å². The molecule has 1 unspecified atom stereocenters. The molecule has 160 valence electrons. The molecular formula is C22H21ClN4O3S. The fraction of sp³-hybridized carbons (Fsp3) is 0.273. The van der Waals surface area contributed by atoms with Crippen molar-refractivity contribution in [2.24, 2.45) is 0 Å². The van der Waals surface area contributed by atoms with Gasteiger partial charge in [-0.1, -0.05) is 41.9 Å². The third kappa shape index (κ3) is 3.70. The number of aromatic nitrogens is 1. The van der Waals surface area contributed by atoms with E-state index in [9.17, 15) is 13.2 Å². The van der Waals surface area contributed by atoms with E-state index in [0.29, 0.717) is 23.8 Å². The average Bonchev–Trinajstić information content (AvgIpc) is 2.71. The van der Waals surface area contributed by atoms with Crippen LogP contribution < -0.4 is 5.32 Å². The van der Waals surface area contributed by atoms with Crippen LogP contribution in [0.5, 0.6) is 0 Å². The molecule has 0 radical (unpaired) electrons. The first-order valence-corrected chi connectivity index (χ1v) is 11.9. The van der Waals surface area contributed by atoms with Crippen molar-refractivity contribution in [2.45, 2.75) is 18.9 Å². The molecule has 0 aliphatic carbocycles. The lowest BCUT2D eigenvalue weighted by Crippen LogP contribution is -2.52. The van der Waals surface area contributed by atoms with E-state index in [1.165, 1.54) is 8.61 Å². The van der Waals surface area contributed by atoms with Crippen molar-refractivity contribution in [3.05, 3.63) is 71.0 Å². The summed E-state index contributed by atoms with van der Waals surface area (Å²) < 4.78 is 28.9. The fourth-order valence-electron chi connectivity index (χ4n) is 4.11. The Balaban J connectivity index is 1.50. The molecule has 3 heterocycles. The number of rotatable bonds is 4. The van der Waals surface area contributed by atoms with Crippen LogP contribution in [0.2, 0.25) is 5.02 Å². The number of fused-ring (bicyclic) bond motifs is 2. The van der Waals surface area contributed by atoms with Crippen molar-refractivity contribution < 1.29 is 13.2 Å². The van der Waals surface area contributed by atoms with E-state index < -0.39 is 16.1 Å². The molecule has 31 heavy (non-hydrogen) atoms. The first-order valence-electron chi connectivity index (χ1n) is 10.1. The molecule has 5 rings (SSSR count). The molecule has 1 amide bonds. The summed E-state index contributed by atoms with van der Waals surface area (Å²) in [5.41, 5.74) is 2.14. The van der Waals surface area contributed by atoms with E-state index in [1.807, 2.05) is 24.3 Å². The minimum Gasteiger partial charge on any atom is -0.324 e. The summed E-state index contributed by atoms with van der Waals surface area (Å²) in [4.78, 5) is 17.6. The highest BCUT2D eigenvalue weighted by Crippen LogP contribution is 2.34. The molecule has 2 aliphatic rings. The third-order valence-corrected chi connectivity index (χ3v) is 8.11. The molecule has 9 heteroatoms. The van der Waals surface area contributed by atoms with Gasteiger partial charge in [0.25, 0.3) is 10.2 Å². The van der Waals surface area contributed by atoms with E-state index in [0.717, 1.165) is 28.3 Å². The zero-order valence-corrected chi connectivity index (χ0v) is 18.2. The Morgan fingerprint density at radius 2 is 1.90 bits per heavy atom. The predicted octanol–water partition coefficient (Wildman–Crippen LogP) is 3.38. The Bertz CT molecular complexity index is 1270. The number of carbonyl (C=O) groups excluding carboxylic acids is 1. The van der Waals surface area contributed by atoms with Crippen LogP contribution >= 0.6 is 11.6 Å². The summed E-state index contributed by atoms with van der Waals surface area (Å²) >= 11 is 6.21. The number of carbonyl (C=O) groups is 1. The number of nitrogens with one attached hydrogen (secondary N) is 1. The summed E-state index contributed by atoms with van der Waals surface area (Å²) in [7, 11) is -3.61. The SMILES string of the molecule is O=C(Nc1cncc2ccccc12)C1CN(S(=O)(=O)N2CCC2)Cc2ccc(Cl)cc21. The van der Waals surface area contributed by atoms with Gasteiger partial charge in [0.1, 0.15) is 0 Å². The monoisotopic (exact) mass is 456 g/mol. The van der Waals surface area contributed by atoms with Crippen LogP contribution in [0.4, 0.5) is 5.69 Å². The van der Waals surface area contributed by atoms with Gasteiger partial charge < -0.3 is 5.32 Å². The highest BCUT2D eigenvalue weighted by Gasteiger charge is 2.40. The summed E-state index contributed by atoms with van der Waals surface area (Å²) in [5.74, 6) is -0.970. The van der Waals surface area contributed by atoms with Crippen LogP contribution in [0.15, 0.2) is 54.9 Å². The van der Waals surface area contributed by atoms with E-state index in [-0.39, 0.29) is 19.0 Å². The number of anilines is 1. The van der Waals surface area contributed by atoms with Gasteiger partial charge in [0.15, 0.2) is 0 Å². The van der Waals surface area contributed by atoms with Crippen molar-refractivity contribution in [1.82, 2.24) is 13.6 Å². The van der Waals surface area contributed by atoms with Gasteiger partial charge in [-0.3, -0.25) is 9.78 Å². The first kappa shape index (κ1) is 20.4. The van der Waals surface area contributed by atoms with Gasteiger partial charge in [-0.25, -0.2) is 0 Å². The van der Waals surface area contributed by atoms with Gasteiger partial charge in [-0.05, 0) is 29.7 Å². The molecule has 2 aliphatic heterocycles. The van der Waals surface area contributed by atoms with Gasteiger partial charge in [0.05, 0.1) is 17.8 Å². The quantitative estimate of drug-likeness (QED) is 0.652. The number of pyridine rings is 1. The van der Waals surface area contributed by atoms with Crippen LogP contribution in [0.3, 0.4) is 0 Å². The highest BCUT2D eigenvalue weighted by molar-refractivity contribution is 7.86. The number of amides is 1. The molecule has 1 aromatic heterocycles. The normalized spacial score (nSPS) is 19.6. The van der Waals surface area contributed by atoms with E-state index in [2.05, 4.69) is 10.3 Å². The van der Waals surface area contributed by atoms with Crippen LogP contribution in [-0.4, -0.2) is 47.6 Å². The Morgan fingerprint density at radius 3 is 2.68 bits per heavy atom. The lowest BCUT2D eigenvalue weighted by atomic mass is 9.90. The molecule has 1 N–H and O–H groups in total. The second kappa shape index (κ2) is 7.87. The van der Waals surface area contributed by atoms with Crippen molar-refractivity contribution in [3.8, 4) is 0 Å². The number of halogens is 1. The Hall–Kier alpha value is -2.52. The molecule has 1 fully saturated rings. The van der Waals surface area contributed by atoms with E-state index in [1.54, 1.807) is 30.6 Å². The van der Waals surface area contributed by atoms with Gasteiger partial charge in [0.2, 0.25) is 5.91 Å². The second-order valence-electron chi connectivity index (χ2n) is 7.85. The number of hydrogen-bond donors (Lipinski definition) is 1. The lowest BCUT2D eigenvalue weighted by molar-refractivity contribution is -0.118. The Morgan fingerprint density at radius 1 is 1.10 bits per heavy atom. The largest absolute Gasteiger partial charge is 0.324 e. The lowest BCUT2D eigenvalue weighted by Gasteiger charge is -2.39. The molecule has 1 atom stereocenters. The van der Waals surface area contributed by atoms with Crippen LogP contribution in [0.1, 0.15) is 23.5 Å². The highest BCUT2D eigenvalue weighted by atomic mass is 35.5. The molecule has 0 bridgehead atoms. The number of benzene rings is 2. The molecule has 3 aromatic rings. The number of nitrogens with zero attached hydrogens (tertiary/aromatic N) is 3. The molecule has 7 nitrogen and oxygen atoms in total. The second-order valence-corrected chi connectivity index (χ2v) is 10.2. The third-order valence-electron chi connectivity index (χ3n) is 5.93. The maximum atomic E-state index is 13.4. The summed E-state index contributed by atoms with van der Waals surface area (Å²) in [6.45, 7) is 1.33. The summed E-state index contributed by atoms with van der Waals surface area (Å²) in [6, 6.07) is 12.9. The smallest absolute Gasteiger partial charge is 0.282 e. The van der Waals surface area contributed by atoms with Gasteiger partial charge >= 0.3 is 0 Å².